The number of ether oxygens (including phenoxy) is 1. The number of likely N-dealkylation sites (N-methyl/N-ethyl adjacent to an activating group) is 1. The number of hydrogen-bond acceptors (Lipinski definition) is 3. The number of amides is 1. The molecule has 1 heterocycles. The molecule has 0 spiro atoms. The molecule has 4 heteroatoms. The zero-order valence-corrected chi connectivity index (χ0v) is 11.3. The van der Waals surface area contributed by atoms with Crippen molar-refractivity contribution in [1.29, 1.82) is 0 Å². The van der Waals surface area contributed by atoms with Crippen molar-refractivity contribution < 1.29 is 9.53 Å². The van der Waals surface area contributed by atoms with E-state index in [0.29, 0.717) is 6.04 Å². The van der Waals surface area contributed by atoms with Crippen molar-refractivity contribution in [3.8, 4) is 0 Å². The summed E-state index contributed by atoms with van der Waals surface area (Å²) in [7, 11) is 1.94. The first-order valence-corrected chi connectivity index (χ1v) is 6.55. The minimum absolute atomic E-state index is 0.150. The van der Waals surface area contributed by atoms with Gasteiger partial charge in [0.2, 0.25) is 0 Å². The molecule has 3 atom stereocenters. The molecule has 1 N–H and O–H groups in total. The zero-order chi connectivity index (χ0) is 12.6. The number of piperidine rings is 1. The van der Waals surface area contributed by atoms with Crippen LogP contribution in [0.1, 0.15) is 33.6 Å². The lowest BCUT2D eigenvalue weighted by molar-refractivity contribution is 0.00900. The summed E-state index contributed by atoms with van der Waals surface area (Å²) in [5.74, 6) is 1.59. The maximum absolute atomic E-state index is 12.1. The van der Waals surface area contributed by atoms with Crippen LogP contribution in [-0.4, -0.2) is 42.8 Å². The average molecular weight is 240 g/mol. The highest BCUT2D eigenvalue weighted by Crippen LogP contribution is 2.47. The van der Waals surface area contributed by atoms with E-state index in [0.717, 1.165) is 31.3 Å². The molecule has 1 saturated carbocycles. The third kappa shape index (κ3) is 3.12. The van der Waals surface area contributed by atoms with Crippen LogP contribution in [0.5, 0.6) is 0 Å². The number of fused-ring (bicyclic) bond motifs is 1. The molecule has 1 aliphatic heterocycles. The van der Waals surface area contributed by atoms with Gasteiger partial charge in [-0.15, -0.1) is 0 Å². The lowest BCUT2D eigenvalue weighted by atomic mass is 10.0. The van der Waals surface area contributed by atoms with Crippen LogP contribution in [0.15, 0.2) is 0 Å². The molecule has 1 amide bonds. The summed E-state index contributed by atoms with van der Waals surface area (Å²) in [6.07, 6.45) is 2.27. The Hall–Kier alpha value is -0.770. The van der Waals surface area contributed by atoms with Crippen molar-refractivity contribution in [1.82, 2.24) is 10.2 Å². The highest BCUT2D eigenvalue weighted by Gasteiger charge is 2.47. The van der Waals surface area contributed by atoms with Crippen LogP contribution in [0.3, 0.4) is 0 Å². The van der Waals surface area contributed by atoms with E-state index in [1.807, 2.05) is 32.7 Å². The number of hydrogen-bond donors (Lipinski definition) is 1. The van der Waals surface area contributed by atoms with Gasteiger partial charge >= 0.3 is 6.09 Å². The summed E-state index contributed by atoms with van der Waals surface area (Å²) in [5, 5.41) is 3.17. The third-order valence-corrected chi connectivity index (χ3v) is 3.58. The largest absolute Gasteiger partial charge is 0.444 e. The van der Waals surface area contributed by atoms with E-state index in [4.69, 9.17) is 4.74 Å². The summed E-state index contributed by atoms with van der Waals surface area (Å²) < 4.78 is 5.48. The van der Waals surface area contributed by atoms with Gasteiger partial charge in [0.15, 0.2) is 0 Å². The predicted octanol–water partition coefficient (Wildman–Crippen LogP) is 1.85. The number of rotatable bonds is 2. The van der Waals surface area contributed by atoms with Crippen molar-refractivity contribution in [2.24, 2.45) is 11.8 Å². The highest BCUT2D eigenvalue weighted by molar-refractivity contribution is 5.69. The van der Waals surface area contributed by atoms with Crippen LogP contribution in [-0.2, 0) is 4.74 Å². The van der Waals surface area contributed by atoms with Gasteiger partial charge in [-0.05, 0) is 52.5 Å². The molecule has 17 heavy (non-hydrogen) atoms. The van der Waals surface area contributed by atoms with E-state index >= 15 is 0 Å². The van der Waals surface area contributed by atoms with Gasteiger partial charge in [-0.2, -0.15) is 0 Å². The van der Waals surface area contributed by atoms with E-state index < -0.39 is 5.60 Å². The number of carbonyl (C=O) groups excluding carboxylic acids is 1. The summed E-state index contributed by atoms with van der Waals surface area (Å²) in [6.45, 7) is 7.50. The minimum Gasteiger partial charge on any atom is -0.444 e. The number of nitrogens with zero attached hydrogens (tertiary/aromatic N) is 1. The Kier molecular flexibility index (Phi) is 3.34. The van der Waals surface area contributed by atoms with Gasteiger partial charge in [0.05, 0.1) is 0 Å². The fourth-order valence-corrected chi connectivity index (χ4v) is 2.67. The SMILES string of the molecule is CNC[C@@H]1C[C@@H]2C[C@@H]2CN1C(=O)OC(C)(C)C. The maximum atomic E-state index is 12.1. The Bertz CT molecular complexity index is 298. The fourth-order valence-electron chi connectivity index (χ4n) is 2.67. The molecular formula is C13H24N2O2. The molecule has 0 aromatic rings. The van der Waals surface area contributed by atoms with E-state index in [-0.39, 0.29) is 6.09 Å². The quantitative estimate of drug-likeness (QED) is 0.801. The summed E-state index contributed by atoms with van der Waals surface area (Å²) in [6, 6.07) is 0.304. The van der Waals surface area contributed by atoms with Crippen LogP contribution in [0, 0.1) is 11.8 Å². The molecule has 2 fully saturated rings. The summed E-state index contributed by atoms with van der Waals surface area (Å²) in [4.78, 5) is 14.1. The number of likely N-dealkylation sites (tertiary alicyclic amines) is 1. The van der Waals surface area contributed by atoms with Crippen LogP contribution in [0.4, 0.5) is 4.79 Å². The van der Waals surface area contributed by atoms with Gasteiger partial charge in [0.25, 0.3) is 0 Å². The Morgan fingerprint density at radius 1 is 1.35 bits per heavy atom. The standard InChI is InChI=1S/C13H24N2O2/c1-13(2,3)17-12(16)15-8-10-5-9(10)6-11(15)7-14-4/h9-11,14H,5-8H2,1-4H3/t9-,10+,11-/m0/s1. The molecule has 1 saturated heterocycles. The molecule has 0 aromatic heterocycles. The zero-order valence-electron chi connectivity index (χ0n) is 11.3. The first-order valence-electron chi connectivity index (χ1n) is 6.55. The normalized spacial score (nSPS) is 32.0. The van der Waals surface area contributed by atoms with Gasteiger partial charge in [-0.25, -0.2) is 4.79 Å². The third-order valence-electron chi connectivity index (χ3n) is 3.58. The smallest absolute Gasteiger partial charge is 0.410 e. The summed E-state index contributed by atoms with van der Waals surface area (Å²) in [5.41, 5.74) is -0.401. The molecule has 2 rings (SSSR count). The predicted molar refractivity (Wildman–Crippen MR) is 66.9 cm³/mol. The van der Waals surface area contributed by atoms with Crippen LogP contribution < -0.4 is 5.32 Å². The van der Waals surface area contributed by atoms with Crippen molar-refractivity contribution in [2.45, 2.75) is 45.3 Å². The maximum Gasteiger partial charge on any atom is 0.410 e. The molecule has 0 unspecified atom stereocenters. The second-order valence-electron chi connectivity index (χ2n) is 6.34. The van der Waals surface area contributed by atoms with E-state index in [1.165, 1.54) is 6.42 Å². The van der Waals surface area contributed by atoms with Crippen molar-refractivity contribution in [3.63, 3.8) is 0 Å². The second-order valence-corrected chi connectivity index (χ2v) is 6.34. The van der Waals surface area contributed by atoms with Gasteiger partial charge in [0, 0.05) is 19.1 Å². The van der Waals surface area contributed by atoms with Crippen LogP contribution in [0.2, 0.25) is 0 Å². The molecule has 0 bridgehead atoms. The first kappa shape index (κ1) is 12.7. The molecule has 98 valence electrons. The Balaban J connectivity index is 1.98. The lowest BCUT2D eigenvalue weighted by Crippen LogP contribution is -2.50. The molecule has 0 radical (unpaired) electrons. The van der Waals surface area contributed by atoms with Gasteiger partial charge < -0.3 is 15.0 Å². The van der Waals surface area contributed by atoms with Gasteiger partial charge in [-0.1, -0.05) is 0 Å². The number of nitrogens with one attached hydrogen (secondary N) is 1. The monoisotopic (exact) mass is 240 g/mol. The van der Waals surface area contributed by atoms with E-state index in [1.54, 1.807) is 0 Å². The van der Waals surface area contributed by atoms with Crippen molar-refractivity contribution >= 4 is 6.09 Å². The van der Waals surface area contributed by atoms with Crippen molar-refractivity contribution in [2.75, 3.05) is 20.1 Å². The van der Waals surface area contributed by atoms with Crippen molar-refractivity contribution in [3.05, 3.63) is 0 Å². The minimum atomic E-state index is -0.401. The molecule has 2 aliphatic rings. The Morgan fingerprint density at radius 2 is 2.06 bits per heavy atom. The molecule has 0 aromatic carbocycles. The molecule has 1 aliphatic carbocycles. The van der Waals surface area contributed by atoms with Crippen LogP contribution >= 0.6 is 0 Å². The molecular weight excluding hydrogens is 216 g/mol. The Morgan fingerprint density at radius 3 is 2.65 bits per heavy atom. The highest BCUT2D eigenvalue weighted by atomic mass is 16.6. The average Bonchev–Trinajstić information content (AvgIpc) is 2.92. The summed E-state index contributed by atoms with van der Waals surface area (Å²) >= 11 is 0. The van der Waals surface area contributed by atoms with Gasteiger partial charge in [-0.3, -0.25) is 0 Å². The second kappa shape index (κ2) is 4.48. The topological polar surface area (TPSA) is 41.6 Å². The van der Waals surface area contributed by atoms with Crippen LogP contribution in [0.25, 0.3) is 0 Å². The van der Waals surface area contributed by atoms with Gasteiger partial charge in [0.1, 0.15) is 5.60 Å². The first-order chi connectivity index (χ1) is 7.90. The van der Waals surface area contributed by atoms with E-state index in [2.05, 4.69) is 5.32 Å². The molecule has 4 nitrogen and oxygen atoms in total. The Labute approximate surface area is 104 Å². The van der Waals surface area contributed by atoms with E-state index in [9.17, 15) is 4.79 Å². The lowest BCUT2D eigenvalue weighted by Gasteiger charge is -2.36. The fraction of sp³-hybridized carbons (Fsp3) is 0.923. The number of carbonyl (C=O) groups is 1.